The number of carbonyl (C=O) groups excluding carboxylic acids is 1. The molecule has 0 atom stereocenters. The lowest BCUT2D eigenvalue weighted by molar-refractivity contribution is -0.274. The van der Waals surface area contributed by atoms with Gasteiger partial charge < -0.3 is 24.8 Å². The molecule has 8 rings (SSSR count). The van der Waals surface area contributed by atoms with E-state index in [1.54, 1.807) is 60.6 Å². The van der Waals surface area contributed by atoms with Crippen LogP contribution in [-0.2, 0) is 36.8 Å². The molecule has 2 aliphatic rings. The van der Waals surface area contributed by atoms with E-state index < -0.39 is 35.4 Å². The van der Waals surface area contributed by atoms with E-state index >= 15 is 0 Å². The molecule has 1 amide bonds. The number of carbonyl (C=O) groups is 1. The van der Waals surface area contributed by atoms with E-state index in [1.165, 1.54) is 30.3 Å². The van der Waals surface area contributed by atoms with Crippen LogP contribution in [0.3, 0.4) is 0 Å². The molecule has 4 heterocycles. The van der Waals surface area contributed by atoms with Crippen LogP contribution in [0.5, 0.6) is 5.75 Å². The molecule has 0 saturated carbocycles. The predicted molar refractivity (Wildman–Crippen MR) is 242 cm³/mol. The molecule has 0 aliphatic carbocycles. The van der Waals surface area contributed by atoms with E-state index in [9.17, 15) is 44.3 Å². The van der Waals surface area contributed by atoms with Crippen molar-refractivity contribution in [2.24, 2.45) is 0 Å². The summed E-state index contributed by atoms with van der Waals surface area (Å²) in [4.78, 5) is 25.2. The minimum absolute atomic E-state index is 0.0580. The molecule has 2 aromatic heterocycles. The van der Waals surface area contributed by atoms with Gasteiger partial charge in [-0.2, -0.15) is 26.3 Å². The number of amides is 1. The highest BCUT2D eigenvalue weighted by Crippen LogP contribution is 2.42. The van der Waals surface area contributed by atoms with Crippen LogP contribution < -0.4 is 20.3 Å². The van der Waals surface area contributed by atoms with E-state index in [0.717, 1.165) is 34.8 Å². The number of piperidine rings is 1. The van der Waals surface area contributed by atoms with Gasteiger partial charge in [0.2, 0.25) is 5.91 Å². The van der Waals surface area contributed by atoms with E-state index in [0.29, 0.717) is 101 Å². The van der Waals surface area contributed by atoms with Crippen molar-refractivity contribution in [3.63, 3.8) is 0 Å². The summed E-state index contributed by atoms with van der Waals surface area (Å²) >= 11 is 0. The fourth-order valence-electron chi connectivity index (χ4n) is 9.33. The lowest BCUT2D eigenvalue weighted by atomic mass is 9.85. The number of alkyl halides is 9. The summed E-state index contributed by atoms with van der Waals surface area (Å²) in [7, 11) is 1.76. The minimum atomic E-state index is -4.77. The molecule has 2 saturated heterocycles. The molecule has 2 fully saturated rings. The van der Waals surface area contributed by atoms with Gasteiger partial charge in [-0.05, 0) is 97.6 Å². The number of halogens is 9. The molecule has 0 radical (unpaired) electrons. The van der Waals surface area contributed by atoms with Gasteiger partial charge in [-0.25, -0.2) is 4.98 Å². The van der Waals surface area contributed by atoms with Crippen molar-refractivity contribution in [2.45, 2.75) is 63.2 Å². The summed E-state index contributed by atoms with van der Waals surface area (Å²) < 4.78 is 128. The number of pyridine rings is 1. The van der Waals surface area contributed by atoms with Gasteiger partial charge in [0.15, 0.2) is 0 Å². The number of nitrogens with one attached hydrogen (secondary N) is 2. The second-order valence-corrected chi connectivity index (χ2v) is 17.2. The van der Waals surface area contributed by atoms with Crippen LogP contribution in [0.1, 0.15) is 41.5 Å². The zero-order valence-corrected chi connectivity index (χ0v) is 37.1. The maximum atomic E-state index is 14.6. The quantitative estimate of drug-likeness (QED) is 0.0832. The number of ether oxygens (including phenoxy) is 1. The van der Waals surface area contributed by atoms with E-state index in [2.05, 4.69) is 25.2 Å². The van der Waals surface area contributed by atoms with Crippen molar-refractivity contribution >= 4 is 22.6 Å². The number of fused-ring (bicyclic) bond motifs is 1. The van der Waals surface area contributed by atoms with Crippen molar-refractivity contribution in [1.82, 2.24) is 30.0 Å². The first kappa shape index (κ1) is 48.4. The summed E-state index contributed by atoms with van der Waals surface area (Å²) in [5.74, 6) is -0.100. The Kier molecular flexibility index (Phi) is 14.1. The number of hydrogen-bond donors (Lipinski definition) is 2. The number of hydrogen-bond acceptors (Lipinski definition) is 7. The molecule has 0 spiro atoms. The van der Waals surface area contributed by atoms with Gasteiger partial charge in [-0.3, -0.25) is 14.6 Å². The van der Waals surface area contributed by atoms with Crippen LogP contribution >= 0.6 is 0 Å². The highest BCUT2D eigenvalue weighted by molar-refractivity contribution is 5.99. The maximum absolute atomic E-state index is 14.6. The molecule has 2 aliphatic heterocycles. The Morgan fingerprint density at radius 3 is 2.13 bits per heavy atom. The van der Waals surface area contributed by atoms with Crippen LogP contribution in [0, 0.1) is 0 Å². The fraction of sp³-hybridized carbons (Fsp3) is 0.360. The van der Waals surface area contributed by atoms with Gasteiger partial charge >= 0.3 is 18.7 Å². The molecule has 360 valence electrons. The normalized spacial score (nSPS) is 16.2. The summed E-state index contributed by atoms with van der Waals surface area (Å²) in [5.41, 5.74) is 0.994. The first-order valence-electron chi connectivity index (χ1n) is 22.3. The van der Waals surface area contributed by atoms with Gasteiger partial charge in [0.05, 0.1) is 16.8 Å². The van der Waals surface area contributed by atoms with Gasteiger partial charge in [0.1, 0.15) is 17.1 Å². The van der Waals surface area contributed by atoms with E-state index in [-0.39, 0.29) is 29.3 Å². The highest BCUT2D eigenvalue weighted by atomic mass is 19.4. The Balaban J connectivity index is 0.977. The number of likely N-dealkylation sites (N-methyl/N-ethyl adjacent to an activating group) is 1. The maximum Gasteiger partial charge on any atom is 0.573 e. The van der Waals surface area contributed by atoms with Crippen LogP contribution in [0.4, 0.5) is 45.3 Å². The Bertz CT molecular complexity index is 2690. The number of nitrogens with zero attached hydrogens (tertiary/aromatic N) is 5. The number of piperazine rings is 1. The SMILES string of the molecule is CN(c1cccc(-c2cccc(C(F)(F)F)c2)n1)C1(C(=O)NCCCn2cc(-c3ccccc3C(F)(F)F)c3c(CN4CCN(Cc5ccc(OC(F)(F)F)cc5)CC4)cccc32)CCNCC1. The Morgan fingerprint density at radius 1 is 0.765 bits per heavy atom. The molecule has 9 nitrogen and oxygen atoms in total. The van der Waals surface area contributed by atoms with Crippen LogP contribution in [0.15, 0.2) is 115 Å². The average molecular weight is 952 g/mol. The predicted octanol–water partition coefficient (Wildman–Crippen LogP) is 10.4. The molecule has 0 unspecified atom stereocenters. The van der Waals surface area contributed by atoms with E-state index in [1.807, 2.05) is 22.8 Å². The monoisotopic (exact) mass is 951 g/mol. The van der Waals surface area contributed by atoms with Crippen molar-refractivity contribution in [3.05, 3.63) is 138 Å². The van der Waals surface area contributed by atoms with Crippen LogP contribution in [0.2, 0.25) is 0 Å². The highest BCUT2D eigenvalue weighted by Gasteiger charge is 2.44. The fourth-order valence-corrected chi connectivity index (χ4v) is 9.33. The topological polar surface area (TPSA) is 77.9 Å². The average Bonchev–Trinajstić information content (AvgIpc) is 3.70. The van der Waals surface area contributed by atoms with E-state index in [4.69, 9.17) is 4.98 Å². The van der Waals surface area contributed by atoms with Gasteiger partial charge in [-0.15, -0.1) is 13.2 Å². The molecule has 18 heteroatoms. The zero-order valence-electron chi connectivity index (χ0n) is 37.1. The number of aromatic nitrogens is 2. The number of rotatable bonds is 14. The third-order valence-corrected chi connectivity index (χ3v) is 12.9. The van der Waals surface area contributed by atoms with Gasteiger partial charge in [0, 0.05) is 87.6 Å². The van der Waals surface area contributed by atoms with Gasteiger partial charge in [-0.1, -0.05) is 60.7 Å². The molecule has 4 aromatic carbocycles. The second kappa shape index (κ2) is 19.9. The Hall–Kier alpha value is -6.11. The second-order valence-electron chi connectivity index (χ2n) is 17.2. The van der Waals surface area contributed by atoms with Crippen molar-refractivity contribution in [1.29, 1.82) is 0 Å². The number of aryl methyl sites for hydroxylation is 1. The lowest BCUT2D eigenvalue weighted by Gasteiger charge is -2.44. The molecule has 6 aromatic rings. The van der Waals surface area contributed by atoms with Gasteiger partial charge in [0.25, 0.3) is 0 Å². The molecule has 68 heavy (non-hydrogen) atoms. The summed E-state index contributed by atoms with van der Waals surface area (Å²) in [6.07, 6.45) is -10.8. The molecular formula is C50H50F9N7O2. The number of benzene rings is 4. The Morgan fingerprint density at radius 2 is 1.44 bits per heavy atom. The molecular weight excluding hydrogens is 902 g/mol. The third kappa shape index (κ3) is 11.1. The lowest BCUT2D eigenvalue weighted by Crippen LogP contribution is -2.62. The molecule has 0 bridgehead atoms. The van der Waals surface area contributed by atoms with Crippen molar-refractivity contribution in [3.8, 4) is 28.1 Å². The van der Waals surface area contributed by atoms with Crippen LogP contribution in [0.25, 0.3) is 33.3 Å². The molecule has 2 N–H and O–H groups in total. The number of anilines is 1. The largest absolute Gasteiger partial charge is 0.573 e. The summed E-state index contributed by atoms with van der Waals surface area (Å²) in [6.45, 7) is 5.37. The standard InChI is InChI=1S/C50H50F9N7O2/c1-63(44-15-6-13-42(62-44)35-8-4-10-37(30-35)48(51,52)53)47(20-23-60-24-21-47)46(67)61-22-7-25-66-33-40(39-11-2-3-12-41(39)49(54,55)56)45-36(9-5-14-43(45)66)32-65-28-26-64(27-29-65)31-34-16-18-38(19-17-34)68-50(57,58)59/h2-6,8-19,30,33,60H,7,20-29,31-32H2,1H3,(H,61,67). The first-order chi connectivity index (χ1) is 32.4. The third-order valence-electron chi connectivity index (χ3n) is 12.9. The Labute approximate surface area is 387 Å². The first-order valence-corrected chi connectivity index (χ1v) is 22.3. The summed E-state index contributed by atoms with van der Waals surface area (Å²) in [5, 5.41) is 7.11. The smallest absolute Gasteiger partial charge is 0.406 e. The summed E-state index contributed by atoms with van der Waals surface area (Å²) in [6, 6.07) is 27.0. The van der Waals surface area contributed by atoms with Crippen molar-refractivity contribution < 1.29 is 49.0 Å². The zero-order chi connectivity index (χ0) is 48.3. The minimum Gasteiger partial charge on any atom is -0.406 e. The van der Waals surface area contributed by atoms with Crippen molar-refractivity contribution in [2.75, 3.05) is 57.8 Å². The van der Waals surface area contributed by atoms with Crippen LogP contribution in [-0.4, -0.2) is 90.0 Å².